The van der Waals surface area contributed by atoms with E-state index in [1.165, 1.54) is 11.9 Å². The molecule has 1 aromatic heterocycles. The predicted octanol–water partition coefficient (Wildman–Crippen LogP) is 3.75. The average molecular weight is 386 g/mol. The summed E-state index contributed by atoms with van der Waals surface area (Å²) in [6.45, 7) is 3.63. The first kappa shape index (κ1) is 18.8. The number of fused-ring (bicyclic) bond motifs is 1. The second kappa shape index (κ2) is 8.22. The Kier molecular flexibility index (Phi) is 5.33. The van der Waals surface area contributed by atoms with E-state index < -0.39 is 0 Å². The van der Waals surface area contributed by atoms with Gasteiger partial charge in [-0.2, -0.15) is 0 Å². The van der Waals surface area contributed by atoms with E-state index in [1.807, 2.05) is 38.4 Å². The number of aromatic nitrogens is 2. The van der Waals surface area contributed by atoms with E-state index in [2.05, 4.69) is 27.1 Å². The van der Waals surface area contributed by atoms with E-state index in [-0.39, 0.29) is 5.91 Å². The zero-order chi connectivity index (χ0) is 20.2. The van der Waals surface area contributed by atoms with Crippen molar-refractivity contribution in [3.8, 4) is 16.9 Å². The zero-order valence-electron chi connectivity index (χ0n) is 16.5. The van der Waals surface area contributed by atoms with Crippen molar-refractivity contribution < 1.29 is 9.53 Å². The lowest BCUT2D eigenvalue weighted by molar-refractivity contribution is 0.0784. The van der Waals surface area contributed by atoms with Crippen LogP contribution in [0.25, 0.3) is 11.1 Å². The van der Waals surface area contributed by atoms with Crippen LogP contribution in [-0.2, 0) is 13.1 Å². The fourth-order valence-corrected chi connectivity index (χ4v) is 3.51. The van der Waals surface area contributed by atoms with Gasteiger partial charge in [-0.25, -0.2) is 9.97 Å². The average Bonchev–Trinajstić information content (AvgIpc) is 3.24. The van der Waals surface area contributed by atoms with E-state index in [9.17, 15) is 4.79 Å². The summed E-state index contributed by atoms with van der Waals surface area (Å²) in [5, 5.41) is 0. The molecular formula is C23H22N4O2. The molecule has 0 unspecified atom stereocenters. The highest BCUT2D eigenvalue weighted by Gasteiger charge is 2.18. The molecule has 0 aliphatic carbocycles. The molecule has 0 saturated heterocycles. The van der Waals surface area contributed by atoms with Crippen molar-refractivity contribution in [3.05, 3.63) is 77.4 Å². The van der Waals surface area contributed by atoms with Crippen LogP contribution in [0.4, 0.5) is 0 Å². The maximum absolute atomic E-state index is 13.1. The number of nitrogens with zero attached hydrogens (tertiary/aromatic N) is 4. The molecule has 1 aliphatic heterocycles. The molecule has 0 atom stereocenters. The molecular weight excluding hydrogens is 364 g/mol. The number of ether oxygens (including phenoxy) is 1. The van der Waals surface area contributed by atoms with Gasteiger partial charge in [0.05, 0.1) is 13.2 Å². The molecule has 29 heavy (non-hydrogen) atoms. The van der Waals surface area contributed by atoms with Gasteiger partial charge in [0.25, 0.3) is 5.91 Å². The SMILES string of the molecule is CCOc1cc(C(=O)N(C)Cc2cccc3c2CN=C3)ccc1-c1cncnc1. The number of hydrogen-bond donors (Lipinski definition) is 0. The Morgan fingerprint density at radius 1 is 1.17 bits per heavy atom. The third-order valence-corrected chi connectivity index (χ3v) is 4.94. The topological polar surface area (TPSA) is 67.7 Å². The van der Waals surface area contributed by atoms with Crippen LogP contribution >= 0.6 is 0 Å². The second-order valence-corrected chi connectivity index (χ2v) is 6.89. The molecule has 0 bridgehead atoms. The minimum Gasteiger partial charge on any atom is -0.493 e. The molecule has 6 heteroatoms. The molecule has 0 fully saturated rings. The van der Waals surface area contributed by atoms with Gasteiger partial charge in [-0.15, -0.1) is 0 Å². The quantitative estimate of drug-likeness (QED) is 0.647. The Bertz CT molecular complexity index is 1060. The van der Waals surface area contributed by atoms with Crippen molar-refractivity contribution in [1.82, 2.24) is 14.9 Å². The van der Waals surface area contributed by atoms with Gasteiger partial charge in [0.1, 0.15) is 12.1 Å². The third kappa shape index (κ3) is 3.87. The molecule has 2 aromatic carbocycles. The number of carbonyl (C=O) groups excluding carboxylic acids is 1. The van der Waals surface area contributed by atoms with Gasteiger partial charge >= 0.3 is 0 Å². The van der Waals surface area contributed by atoms with Crippen LogP contribution in [0.15, 0.2) is 60.1 Å². The summed E-state index contributed by atoms with van der Waals surface area (Å²) in [6, 6.07) is 11.6. The Morgan fingerprint density at radius 2 is 2.00 bits per heavy atom. The Hall–Kier alpha value is -3.54. The molecule has 146 valence electrons. The van der Waals surface area contributed by atoms with Crippen molar-refractivity contribution in [2.75, 3.05) is 13.7 Å². The summed E-state index contributed by atoms with van der Waals surface area (Å²) in [6.07, 6.45) is 6.84. The van der Waals surface area contributed by atoms with Gasteiger partial charge in [-0.05, 0) is 41.8 Å². The van der Waals surface area contributed by atoms with E-state index in [4.69, 9.17) is 4.74 Å². The summed E-state index contributed by atoms with van der Waals surface area (Å²) < 4.78 is 5.80. The lowest BCUT2D eigenvalue weighted by Gasteiger charge is -2.20. The van der Waals surface area contributed by atoms with Gasteiger partial charge in [0.2, 0.25) is 0 Å². The number of rotatable bonds is 6. The largest absolute Gasteiger partial charge is 0.493 e. The van der Waals surface area contributed by atoms with E-state index >= 15 is 0 Å². The first-order chi connectivity index (χ1) is 14.2. The lowest BCUT2D eigenvalue weighted by Crippen LogP contribution is -2.26. The molecule has 0 N–H and O–H groups in total. The fourth-order valence-electron chi connectivity index (χ4n) is 3.51. The van der Waals surface area contributed by atoms with Gasteiger partial charge in [0, 0.05) is 48.9 Å². The molecule has 1 aliphatic rings. The van der Waals surface area contributed by atoms with Crippen LogP contribution in [0.3, 0.4) is 0 Å². The first-order valence-electron chi connectivity index (χ1n) is 9.55. The second-order valence-electron chi connectivity index (χ2n) is 6.89. The Balaban J connectivity index is 1.58. The van der Waals surface area contributed by atoms with Gasteiger partial charge in [-0.1, -0.05) is 18.2 Å². The molecule has 6 nitrogen and oxygen atoms in total. The van der Waals surface area contributed by atoms with Crippen molar-refractivity contribution in [2.24, 2.45) is 4.99 Å². The summed E-state index contributed by atoms with van der Waals surface area (Å²) in [5.74, 6) is 0.592. The van der Waals surface area contributed by atoms with E-state index in [1.54, 1.807) is 23.4 Å². The summed E-state index contributed by atoms with van der Waals surface area (Å²) in [7, 11) is 1.82. The maximum Gasteiger partial charge on any atom is 0.254 e. The van der Waals surface area contributed by atoms with E-state index in [0.29, 0.717) is 31.0 Å². The van der Waals surface area contributed by atoms with Crippen LogP contribution in [0.5, 0.6) is 5.75 Å². The number of aliphatic imine (C=N–C) groups is 1. The van der Waals surface area contributed by atoms with Crippen LogP contribution < -0.4 is 4.74 Å². The Labute approximate surface area is 169 Å². The zero-order valence-corrected chi connectivity index (χ0v) is 16.5. The highest BCUT2D eigenvalue weighted by Crippen LogP contribution is 2.31. The van der Waals surface area contributed by atoms with Crippen LogP contribution in [0.2, 0.25) is 0 Å². The fraction of sp³-hybridized carbons (Fsp3) is 0.217. The number of carbonyl (C=O) groups is 1. The van der Waals surface area contributed by atoms with Crippen molar-refractivity contribution in [2.45, 2.75) is 20.0 Å². The van der Waals surface area contributed by atoms with Gasteiger partial charge in [-0.3, -0.25) is 9.79 Å². The predicted molar refractivity (Wildman–Crippen MR) is 112 cm³/mol. The van der Waals surface area contributed by atoms with Crippen LogP contribution in [0.1, 0.15) is 34.0 Å². The third-order valence-electron chi connectivity index (χ3n) is 4.94. The van der Waals surface area contributed by atoms with Crippen LogP contribution in [0, 0.1) is 0 Å². The molecule has 0 saturated carbocycles. The highest BCUT2D eigenvalue weighted by molar-refractivity contribution is 5.95. The van der Waals surface area contributed by atoms with Crippen LogP contribution in [-0.4, -0.2) is 40.6 Å². The minimum atomic E-state index is -0.0571. The molecule has 2 heterocycles. The Morgan fingerprint density at radius 3 is 2.79 bits per heavy atom. The van der Waals surface area contributed by atoms with Crippen molar-refractivity contribution in [3.63, 3.8) is 0 Å². The lowest BCUT2D eigenvalue weighted by atomic mass is 10.0. The molecule has 0 spiro atoms. The highest BCUT2D eigenvalue weighted by atomic mass is 16.5. The summed E-state index contributed by atoms with van der Waals surface area (Å²) >= 11 is 0. The van der Waals surface area contributed by atoms with Gasteiger partial charge < -0.3 is 9.64 Å². The first-order valence-corrected chi connectivity index (χ1v) is 9.55. The smallest absolute Gasteiger partial charge is 0.254 e. The van der Waals surface area contributed by atoms with Crippen molar-refractivity contribution >= 4 is 12.1 Å². The number of benzene rings is 2. The summed E-state index contributed by atoms with van der Waals surface area (Å²) in [4.78, 5) is 27.3. The standard InChI is InChI=1S/C23H22N4O2/c1-3-29-22-9-16(7-8-20(22)19-11-25-15-26-12-19)23(28)27(2)14-18-6-4-5-17-10-24-13-21(17)18/h4-12,15H,3,13-14H2,1-2H3. The van der Waals surface area contributed by atoms with Crippen molar-refractivity contribution in [1.29, 1.82) is 0 Å². The number of hydrogen-bond acceptors (Lipinski definition) is 5. The number of amides is 1. The minimum absolute atomic E-state index is 0.0571. The van der Waals surface area contributed by atoms with E-state index in [0.717, 1.165) is 22.3 Å². The molecule has 4 rings (SSSR count). The molecule has 1 amide bonds. The normalized spacial score (nSPS) is 11.9. The monoisotopic (exact) mass is 386 g/mol. The summed E-state index contributed by atoms with van der Waals surface area (Å²) in [5.41, 5.74) is 5.75. The molecule has 0 radical (unpaired) electrons. The molecule has 3 aromatic rings. The maximum atomic E-state index is 13.1. The van der Waals surface area contributed by atoms with Gasteiger partial charge in [0.15, 0.2) is 0 Å².